The molecule has 0 saturated heterocycles. The Morgan fingerprint density at radius 1 is 1.08 bits per heavy atom. The summed E-state index contributed by atoms with van der Waals surface area (Å²) in [5, 5.41) is 28.7. The number of amides is 2. The van der Waals surface area contributed by atoms with Crippen molar-refractivity contribution in [1.29, 1.82) is 5.26 Å². The molecule has 1 heterocycles. The van der Waals surface area contributed by atoms with Crippen molar-refractivity contribution in [2.45, 2.75) is 20.3 Å². The van der Waals surface area contributed by atoms with E-state index in [0.717, 1.165) is 23.4 Å². The smallest absolute Gasteiger partial charge is 0.272 e. The van der Waals surface area contributed by atoms with Gasteiger partial charge in [-0.3, -0.25) is 24.6 Å². The molecule has 1 aliphatic rings. The lowest BCUT2D eigenvalue weighted by Gasteiger charge is -2.25. The average molecular weight is 531 g/mol. The number of imide groups is 1. The second-order valence-electron chi connectivity index (χ2n) is 8.60. The van der Waals surface area contributed by atoms with Crippen LogP contribution < -0.4 is 4.90 Å². The maximum atomic E-state index is 12.6. The molecule has 1 aliphatic heterocycles. The molecule has 192 valence electrons. The number of nitriles is 1. The molecule has 0 atom stereocenters. The SMILES string of the molecule is CCN(CCCN1C(=O)c2ccccc2C1=O)c1ccc(N=Nc2c(Cl)cc([N+](=O)[O-])cc2C#N)c(C)c1. The van der Waals surface area contributed by atoms with Gasteiger partial charge in [-0.05, 0) is 56.2 Å². The van der Waals surface area contributed by atoms with Crippen LogP contribution >= 0.6 is 11.6 Å². The number of hydrogen-bond donors (Lipinski definition) is 0. The maximum absolute atomic E-state index is 12.6. The third-order valence-electron chi connectivity index (χ3n) is 6.25. The van der Waals surface area contributed by atoms with Crippen LogP contribution in [0.1, 0.15) is 45.2 Å². The van der Waals surface area contributed by atoms with Gasteiger partial charge in [-0.15, -0.1) is 5.11 Å². The number of nitrogens with zero attached hydrogens (tertiary/aromatic N) is 6. The Morgan fingerprint density at radius 2 is 1.76 bits per heavy atom. The molecule has 0 N–H and O–H groups in total. The minimum atomic E-state index is -0.629. The third-order valence-corrected chi connectivity index (χ3v) is 6.54. The molecule has 3 aromatic rings. The van der Waals surface area contributed by atoms with E-state index in [2.05, 4.69) is 15.1 Å². The predicted octanol–water partition coefficient (Wildman–Crippen LogP) is 6.36. The molecule has 38 heavy (non-hydrogen) atoms. The number of carbonyl (C=O) groups is 2. The van der Waals surface area contributed by atoms with Crippen molar-refractivity contribution in [3.8, 4) is 6.07 Å². The van der Waals surface area contributed by atoms with Crippen LogP contribution in [0.15, 0.2) is 64.8 Å². The number of nitro benzene ring substituents is 1. The summed E-state index contributed by atoms with van der Waals surface area (Å²) in [5.41, 5.74) is 2.93. The van der Waals surface area contributed by atoms with Gasteiger partial charge in [0.05, 0.1) is 32.3 Å². The lowest BCUT2D eigenvalue weighted by atomic mass is 10.1. The van der Waals surface area contributed by atoms with E-state index in [1.54, 1.807) is 30.3 Å². The van der Waals surface area contributed by atoms with Gasteiger partial charge in [-0.2, -0.15) is 10.4 Å². The van der Waals surface area contributed by atoms with Gasteiger partial charge in [0.1, 0.15) is 11.8 Å². The quantitative estimate of drug-likeness (QED) is 0.137. The monoisotopic (exact) mass is 530 g/mol. The molecular weight excluding hydrogens is 508 g/mol. The van der Waals surface area contributed by atoms with Crippen molar-refractivity contribution >= 4 is 46.2 Å². The highest BCUT2D eigenvalue weighted by Gasteiger charge is 2.34. The summed E-state index contributed by atoms with van der Waals surface area (Å²) in [6.45, 7) is 5.56. The standard InChI is InChI=1S/C27H23ClN6O4/c1-3-32(11-6-12-33-26(35)21-7-4-5-8-22(21)27(33)36)19-9-10-24(17(2)13-19)30-31-25-18(16-29)14-20(34(37)38)15-23(25)28/h4-5,7-10,13-15H,3,6,11-12H2,1-2H3. The van der Waals surface area contributed by atoms with Crippen LogP contribution in [0.5, 0.6) is 0 Å². The highest BCUT2D eigenvalue weighted by Crippen LogP contribution is 2.35. The number of carbonyl (C=O) groups excluding carboxylic acids is 2. The molecule has 0 radical (unpaired) electrons. The Kier molecular flexibility index (Phi) is 7.79. The first-order chi connectivity index (χ1) is 18.2. The van der Waals surface area contributed by atoms with E-state index in [4.69, 9.17) is 11.6 Å². The van der Waals surface area contributed by atoms with Crippen LogP contribution in [0.2, 0.25) is 5.02 Å². The number of azo groups is 1. The van der Waals surface area contributed by atoms with E-state index in [0.29, 0.717) is 42.9 Å². The maximum Gasteiger partial charge on any atom is 0.272 e. The Morgan fingerprint density at radius 3 is 2.34 bits per heavy atom. The molecule has 10 nitrogen and oxygen atoms in total. The third kappa shape index (κ3) is 5.23. The topological polar surface area (TPSA) is 132 Å². The summed E-state index contributed by atoms with van der Waals surface area (Å²) in [6.07, 6.45) is 0.607. The molecule has 0 aliphatic carbocycles. The largest absolute Gasteiger partial charge is 0.372 e. The lowest BCUT2D eigenvalue weighted by molar-refractivity contribution is -0.384. The van der Waals surface area contributed by atoms with Crippen molar-refractivity contribution in [3.63, 3.8) is 0 Å². The molecule has 0 fully saturated rings. The first-order valence-corrected chi connectivity index (χ1v) is 12.2. The Hall–Kier alpha value is -4.62. The zero-order chi connectivity index (χ0) is 27.4. The van der Waals surface area contributed by atoms with Gasteiger partial charge in [0.15, 0.2) is 0 Å². The second kappa shape index (κ2) is 11.2. The van der Waals surface area contributed by atoms with Crippen LogP contribution in [-0.2, 0) is 0 Å². The molecule has 0 aromatic heterocycles. The van der Waals surface area contributed by atoms with Gasteiger partial charge >= 0.3 is 0 Å². The van der Waals surface area contributed by atoms with Crippen LogP contribution in [0.25, 0.3) is 0 Å². The van der Waals surface area contributed by atoms with Gasteiger partial charge in [-0.1, -0.05) is 23.7 Å². The predicted molar refractivity (Wildman–Crippen MR) is 142 cm³/mol. The molecule has 0 bridgehead atoms. The number of aryl methyl sites for hydroxylation is 1. The van der Waals surface area contributed by atoms with Crippen molar-refractivity contribution in [2.75, 3.05) is 24.5 Å². The number of non-ortho nitro benzene ring substituents is 1. The Bertz CT molecular complexity index is 1480. The summed E-state index contributed by atoms with van der Waals surface area (Å²) >= 11 is 6.13. The van der Waals surface area contributed by atoms with Crippen molar-refractivity contribution in [1.82, 2.24) is 4.90 Å². The number of halogens is 1. The fourth-order valence-electron chi connectivity index (χ4n) is 4.26. The van der Waals surface area contributed by atoms with E-state index >= 15 is 0 Å². The molecule has 2 amide bonds. The number of rotatable bonds is 9. The van der Waals surface area contributed by atoms with Gasteiger partial charge < -0.3 is 4.90 Å². The van der Waals surface area contributed by atoms with E-state index in [1.807, 2.05) is 32.0 Å². The number of anilines is 1. The Balaban J connectivity index is 1.44. The molecule has 0 unspecified atom stereocenters. The first-order valence-electron chi connectivity index (χ1n) is 11.9. The normalized spacial score (nSPS) is 12.6. The highest BCUT2D eigenvalue weighted by molar-refractivity contribution is 6.33. The minimum absolute atomic E-state index is 0.0380. The van der Waals surface area contributed by atoms with Gasteiger partial charge in [0.2, 0.25) is 0 Å². The van der Waals surface area contributed by atoms with Crippen LogP contribution in [-0.4, -0.2) is 41.3 Å². The number of fused-ring (bicyclic) bond motifs is 1. The molecule has 0 saturated carbocycles. The van der Waals surface area contributed by atoms with Crippen molar-refractivity contribution < 1.29 is 14.5 Å². The van der Waals surface area contributed by atoms with Gasteiger partial charge in [-0.25, -0.2) is 0 Å². The molecule has 11 heteroatoms. The fourth-order valence-corrected chi connectivity index (χ4v) is 4.51. The minimum Gasteiger partial charge on any atom is -0.372 e. The lowest BCUT2D eigenvalue weighted by Crippen LogP contribution is -2.33. The summed E-state index contributed by atoms with van der Waals surface area (Å²) < 4.78 is 0. The average Bonchev–Trinajstić information content (AvgIpc) is 3.15. The highest BCUT2D eigenvalue weighted by atomic mass is 35.5. The van der Waals surface area contributed by atoms with E-state index in [9.17, 15) is 25.0 Å². The van der Waals surface area contributed by atoms with Crippen LogP contribution in [0.3, 0.4) is 0 Å². The molecule has 0 spiro atoms. The van der Waals surface area contributed by atoms with Crippen molar-refractivity contribution in [3.05, 3.63) is 92.0 Å². The summed E-state index contributed by atoms with van der Waals surface area (Å²) in [6, 6.07) is 16.6. The van der Waals surface area contributed by atoms with Gasteiger partial charge in [0, 0.05) is 37.5 Å². The van der Waals surface area contributed by atoms with Gasteiger partial charge in [0.25, 0.3) is 17.5 Å². The first kappa shape index (κ1) is 26.4. The van der Waals surface area contributed by atoms with Crippen LogP contribution in [0.4, 0.5) is 22.7 Å². The zero-order valence-corrected chi connectivity index (χ0v) is 21.5. The second-order valence-corrected chi connectivity index (χ2v) is 9.01. The van der Waals surface area contributed by atoms with E-state index in [1.165, 1.54) is 4.90 Å². The fraction of sp³-hybridized carbons (Fsp3) is 0.222. The number of nitro groups is 1. The number of hydrogen-bond acceptors (Lipinski definition) is 8. The van der Waals surface area contributed by atoms with Crippen LogP contribution in [0, 0.1) is 28.4 Å². The summed E-state index contributed by atoms with van der Waals surface area (Å²) in [4.78, 5) is 39.0. The summed E-state index contributed by atoms with van der Waals surface area (Å²) in [5.74, 6) is -0.515. The molecule has 3 aromatic carbocycles. The summed E-state index contributed by atoms with van der Waals surface area (Å²) in [7, 11) is 0. The number of benzene rings is 3. The molecular formula is C27H23ClN6O4. The van der Waals surface area contributed by atoms with E-state index < -0.39 is 4.92 Å². The van der Waals surface area contributed by atoms with E-state index in [-0.39, 0.29) is 33.8 Å². The zero-order valence-electron chi connectivity index (χ0n) is 20.7. The Labute approximate surface area is 223 Å². The van der Waals surface area contributed by atoms with Crippen molar-refractivity contribution in [2.24, 2.45) is 10.2 Å². The molecule has 4 rings (SSSR count).